The van der Waals surface area contributed by atoms with Crippen LogP contribution in [0, 0.1) is 0 Å². The summed E-state index contributed by atoms with van der Waals surface area (Å²) in [5.74, 6) is -0.593. The van der Waals surface area contributed by atoms with Crippen LogP contribution in [0.5, 0.6) is 0 Å². The van der Waals surface area contributed by atoms with Crippen LogP contribution in [0.3, 0.4) is 0 Å². The van der Waals surface area contributed by atoms with E-state index in [-0.39, 0.29) is 11.6 Å². The smallest absolute Gasteiger partial charge is 0.192 e. The van der Waals surface area contributed by atoms with Crippen LogP contribution in [0.25, 0.3) is 0 Å². The predicted molar refractivity (Wildman–Crippen MR) is 49.4 cm³/mol. The Morgan fingerprint density at radius 1 is 1.08 bits per heavy atom. The Balaban J connectivity index is 2.71. The molecule has 0 N–H and O–H groups in total. The second kappa shape index (κ2) is 2.42. The van der Waals surface area contributed by atoms with Gasteiger partial charge in [0.1, 0.15) is 0 Å². The molecule has 0 unspecified atom stereocenters. The van der Waals surface area contributed by atoms with Gasteiger partial charge in [0.2, 0.25) is 0 Å². The minimum atomic E-state index is -1.39. The molecule has 0 saturated heterocycles. The molecule has 0 radical (unpaired) electrons. The molecule has 0 bridgehead atoms. The standard InChI is InChI=1S/C10H7ClO2/c1-10(11)8(12)6-4-2-3-5-7(6)9(10)13/h2-5H,1H3. The predicted octanol–water partition coefficient (Wildman–Crippen LogP) is 2.06. The van der Waals surface area contributed by atoms with E-state index >= 15 is 0 Å². The van der Waals surface area contributed by atoms with Crippen molar-refractivity contribution in [2.75, 3.05) is 0 Å². The molecule has 0 spiro atoms. The Bertz CT molecular complexity index is 370. The fourth-order valence-electron chi connectivity index (χ4n) is 1.49. The van der Waals surface area contributed by atoms with E-state index in [4.69, 9.17) is 11.6 Å². The summed E-state index contributed by atoms with van der Waals surface area (Å²) in [6.45, 7) is 1.44. The minimum absolute atomic E-state index is 0.297. The Morgan fingerprint density at radius 3 is 1.85 bits per heavy atom. The first-order valence-electron chi connectivity index (χ1n) is 3.92. The third-order valence-electron chi connectivity index (χ3n) is 2.27. The minimum Gasteiger partial charge on any atom is -0.292 e. The van der Waals surface area contributed by atoms with Crippen LogP contribution in [0.2, 0.25) is 0 Å². The number of ketones is 2. The van der Waals surface area contributed by atoms with Crippen LogP contribution in [-0.2, 0) is 0 Å². The van der Waals surface area contributed by atoms with Gasteiger partial charge >= 0.3 is 0 Å². The lowest BCUT2D eigenvalue weighted by molar-refractivity contribution is 0.0873. The maximum Gasteiger partial charge on any atom is 0.192 e. The van der Waals surface area contributed by atoms with Gasteiger partial charge in [0.15, 0.2) is 16.4 Å². The fraction of sp³-hybridized carbons (Fsp3) is 0.200. The molecule has 0 saturated carbocycles. The molecule has 0 amide bonds. The third kappa shape index (κ3) is 0.954. The van der Waals surface area contributed by atoms with Gasteiger partial charge in [0.25, 0.3) is 0 Å². The number of Topliss-reactive ketones (excluding diaryl/α,β-unsaturated/α-hetero) is 2. The second-order valence-electron chi connectivity index (χ2n) is 3.21. The summed E-state index contributed by atoms with van der Waals surface area (Å²) in [5, 5.41) is 0. The van der Waals surface area contributed by atoms with Crippen molar-refractivity contribution in [3.8, 4) is 0 Å². The topological polar surface area (TPSA) is 34.1 Å². The highest BCUT2D eigenvalue weighted by atomic mass is 35.5. The van der Waals surface area contributed by atoms with Gasteiger partial charge in [-0.05, 0) is 6.92 Å². The molecule has 2 rings (SSSR count). The molecule has 1 aliphatic carbocycles. The summed E-state index contributed by atoms with van der Waals surface area (Å²) in [6.07, 6.45) is 0. The number of rotatable bonds is 0. The fourth-order valence-corrected chi connectivity index (χ4v) is 1.69. The van der Waals surface area contributed by atoms with E-state index in [2.05, 4.69) is 0 Å². The molecule has 2 nitrogen and oxygen atoms in total. The largest absolute Gasteiger partial charge is 0.292 e. The van der Waals surface area contributed by atoms with Gasteiger partial charge in [-0.15, -0.1) is 11.6 Å². The number of halogens is 1. The van der Waals surface area contributed by atoms with Crippen LogP contribution in [0.1, 0.15) is 27.6 Å². The van der Waals surface area contributed by atoms with Crippen molar-refractivity contribution < 1.29 is 9.59 Å². The molecule has 1 aromatic rings. The lowest BCUT2D eigenvalue weighted by Gasteiger charge is -2.08. The highest BCUT2D eigenvalue weighted by molar-refractivity contribution is 6.54. The van der Waals surface area contributed by atoms with Gasteiger partial charge < -0.3 is 0 Å². The molecule has 13 heavy (non-hydrogen) atoms. The molecule has 0 aromatic heterocycles. The van der Waals surface area contributed by atoms with Crippen molar-refractivity contribution in [2.45, 2.75) is 11.8 Å². The van der Waals surface area contributed by atoms with E-state index in [1.807, 2.05) is 0 Å². The lowest BCUT2D eigenvalue weighted by Crippen LogP contribution is -2.30. The summed E-state index contributed by atoms with van der Waals surface area (Å²) in [7, 11) is 0. The molecule has 0 aliphatic heterocycles. The maximum absolute atomic E-state index is 11.6. The summed E-state index contributed by atoms with van der Waals surface area (Å²) < 4.78 is 0. The van der Waals surface area contributed by atoms with Crippen LogP contribution < -0.4 is 0 Å². The quantitative estimate of drug-likeness (QED) is 0.468. The monoisotopic (exact) mass is 194 g/mol. The molecule has 0 fully saturated rings. The molecule has 3 heteroatoms. The van der Waals surface area contributed by atoms with Gasteiger partial charge in [-0.1, -0.05) is 24.3 Å². The average Bonchev–Trinajstić information content (AvgIpc) is 2.30. The van der Waals surface area contributed by atoms with E-state index in [9.17, 15) is 9.59 Å². The van der Waals surface area contributed by atoms with E-state index in [1.54, 1.807) is 24.3 Å². The summed E-state index contributed by atoms with van der Waals surface area (Å²) in [5.41, 5.74) is 0.870. The molecule has 66 valence electrons. The van der Waals surface area contributed by atoms with E-state index in [0.29, 0.717) is 11.1 Å². The Morgan fingerprint density at radius 2 is 1.46 bits per heavy atom. The van der Waals surface area contributed by atoms with Gasteiger partial charge in [-0.25, -0.2) is 0 Å². The molecular formula is C10H7ClO2. The third-order valence-corrected chi connectivity index (χ3v) is 2.61. The van der Waals surface area contributed by atoms with Crippen molar-refractivity contribution in [2.24, 2.45) is 0 Å². The average molecular weight is 195 g/mol. The first kappa shape index (κ1) is 8.45. The van der Waals surface area contributed by atoms with Crippen molar-refractivity contribution in [1.29, 1.82) is 0 Å². The van der Waals surface area contributed by atoms with Crippen molar-refractivity contribution in [3.63, 3.8) is 0 Å². The van der Waals surface area contributed by atoms with Gasteiger partial charge in [-0.2, -0.15) is 0 Å². The number of hydrogen-bond acceptors (Lipinski definition) is 2. The lowest BCUT2D eigenvalue weighted by atomic mass is 10.1. The van der Waals surface area contributed by atoms with E-state index in [0.717, 1.165) is 0 Å². The highest BCUT2D eigenvalue weighted by Crippen LogP contribution is 2.34. The number of benzene rings is 1. The normalized spacial score (nSPS) is 18.9. The molecule has 1 aromatic carbocycles. The molecule has 1 aliphatic rings. The van der Waals surface area contributed by atoms with Gasteiger partial charge in [0, 0.05) is 11.1 Å². The molecular weight excluding hydrogens is 188 g/mol. The summed E-state index contributed by atoms with van der Waals surface area (Å²) in [6, 6.07) is 6.71. The zero-order valence-electron chi connectivity index (χ0n) is 7.00. The number of alkyl halides is 1. The Labute approximate surface area is 80.5 Å². The van der Waals surface area contributed by atoms with E-state index in [1.165, 1.54) is 6.92 Å². The molecule has 0 heterocycles. The second-order valence-corrected chi connectivity index (χ2v) is 3.96. The highest BCUT2D eigenvalue weighted by Gasteiger charge is 2.47. The SMILES string of the molecule is CC1(Cl)C(=O)c2ccccc2C1=O. The van der Waals surface area contributed by atoms with Gasteiger partial charge in [-0.3, -0.25) is 9.59 Å². The van der Waals surface area contributed by atoms with Crippen molar-refractivity contribution in [1.82, 2.24) is 0 Å². The molecule has 0 atom stereocenters. The van der Waals surface area contributed by atoms with Crippen molar-refractivity contribution in [3.05, 3.63) is 35.4 Å². The summed E-state index contributed by atoms with van der Waals surface area (Å²) >= 11 is 5.83. The first-order chi connectivity index (χ1) is 6.05. The van der Waals surface area contributed by atoms with Crippen LogP contribution in [0.15, 0.2) is 24.3 Å². The van der Waals surface area contributed by atoms with Crippen LogP contribution >= 0.6 is 11.6 Å². The summed E-state index contributed by atoms with van der Waals surface area (Å²) in [4.78, 5) is 21.8. The number of carbonyl (C=O) groups is 2. The Hall–Kier alpha value is -1.15. The van der Waals surface area contributed by atoms with Gasteiger partial charge in [0.05, 0.1) is 0 Å². The van der Waals surface area contributed by atoms with Crippen LogP contribution in [0.4, 0.5) is 0 Å². The number of carbonyl (C=O) groups excluding carboxylic acids is 2. The number of fused-ring (bicyclic) bond motifs is 1. The van der Waals surface area contributed by atoms with E-state index < -0.39 is 4.87 Å². The first-order valence-corrected chi connectivity index (χ1v) is 4.30. The maximum atomic E-state index is 11.6. The number of hydrogen-bond donors (Lipinski definition) is 0. The van der Waals surface area contributed by atoms with Crippen molar-refractivity contribution >= 4 is 23.2 Å². The zero-order chi connectivity index (χ0) is 9.64. The zero-order valence-corrected chi connectivity index (χ0v) is 7.76. The Kier molecular flexibility index (Phi) is 1.57. The van der Waals surface area contributed by atoms with Crippen LogP contribution in [-0.4, -0.2) is 16.4 Å².